The molecule has 1 aliphatic rings. The van der Waals surface area contributed by atoms with Crippen molar-refractivity contribution >= 4 is 34.9 Å². The van der Waals surface area contributed by atoms with Crippen LogP contribution in [0, 0.1) is 0 Å². The molecule has 0 aromatic carbocycles. The van der Waals surface area contributed by atoms with Crippen molar-refractivity contribution in [2.45, 2.75) is 31.1 Å². The van der Waals surface area contributed by atoms with Gasteiger partial charge in [-0.1, -0.05) is 0 Å². The number of thiazole rings is 1. The Bertz CT molecular complexity index is 1060. The SMILES string of the molecule is CCOc1cncc(-c2cnc(C(=O)NC(COC)c3cc(NSC4CC4)ccn3)s2)n1. The van der Waals surface area contributed by atoms with E-state index in [9.17, 15) is 4.79 Å². The van der Waals surface area contributed by atoms with Gasteiger partial charge in [-0.25, -0.2) is 9.97 Å². The maximum atomic E-state index is 12.9. The number of amides is 1. The number of rotatable bonds is 11. The van der Waals surface area contributed by atoms with Crippen molar-refractivity contribution in [3.05, 3.63) is 47.6 Å². The van der Waals surface area contributed by atoms with E-state index in [0.29, 0.717) is 34.1 Å². The van der Waals surface area contributed by atoms with Crippen LogP contribution in [-0.2, 0) is 4.74 Å². The van der Waals surface area contributed by atoms with Gasteiger partial charge in [0, 0.05) is 30.4 Å². The van der Waals surface area contributed by atoms with Crippen LogP contribution >= 0.6 is 23.3 Å². The first kappa shape index (κ1) is 22.4. The van der Waals surface area contributed by atoms with Crippen LogP contribution in [0.3, 0.4) is 0 Å². The highest BCUT2D eigenvalue weighted by Gasteiger charge is 2.23. The second-order valence-corrected chi connectivity index (χ2v) is 9.21. The molecule has 0 aliphatic heterocycles. The average Bonchev–Trinajstić information content (AvgIpc) is 3.51. The predicted molar refractivity (Wildman–Crippen MR) is 125 cm³/mol. The van der Waals surface area contributed by atoms with Gasteiger partial charge in [0.25, 0.3) is 5.91 Å². The molecular formula is C21H24N6O3S2. The molecule has 0 spiro atoms. The Morgan fingerprint density at radius 2 is 2.19 bits per heavy atom. The summed E-state index contributed by atoms with van der Waals surface area (Å²) in [6.07, 6.45) is 9.00. The molecule has 3 aromatic rings. The van der Waals surface area contributed by atoms with Crippen LogP contribution in [0.15, 0.2) is 36.9 Å². The summed E-state index contributed by atoms with van der Waals surface area (Å²) < 4.78 is 14.1. The second kappa shape index (κ2) is 10.7. The van der Waals surface area contributed by atoms with E-state index >= 15 is 0 Å². The Balaban J connectivity index is 1.45. The highest BCUT2D eigenvalue weighted by Crippen LogP contribution is 2.34. The third-order valence-electron chi connectivity index (χ3n) is 4.50. The van der Waals surface area contributed by atoms with Crippen LogP contribution in [0.4, 0.5) is 5.69 Å². The monoisotopic (exact) mass is 472 g/mol. The molecule has 0 bridgehead atoms. The summed E-state index contributed by atoms with van der Waals surface area (Å²) in [5.41, 5.74) is 2.27. The number of methoxy groups -OCH3 is 1. The van der Waals surface area contributed by atoms with Crippen LogP contribution in [-0.4, -0.2) is 51.4 Å². The van der Waals surface area contributed by atoms with Gasteiger partial charge in [0.2, 0.25) is 5.88 Å². The number of ether oxygens (including phenoxy) is 2. The van der Waals surface area contributed by atoms with Crippen molar-refractivity contribution in [3.8, 4) is 16.5 Å². The van der Waals surface area contributed by atoms with Crippen LogP contribution < -0.4 is 14.8 Å². The zero-order valence-corrected chi connectivity index (χ0v) is 19.4. The minimum atomic E-state index is -0.409. The average molecular weight is 473 g/mol. The Morgan fingerprint density at radius 3 is 2.97 bits per heavy atom. The lowest BCUT2D eigenvalue weighted by Crippen LogP contribution is -2.31. The molecule has 1 unspecified atom stereocenters. The molecule has 3 heterocycles. The van der Waals surface area contributed by atoms with Crippen LogP contribution in [0.5, 0.6) is 5.88 Å². The molecule has 1 aliphatic carbocycles. The molecule has 11 heteroatoms. The summed E-state index contributed by atoms with van der Waals surface area (Å²) in [6, 6.07) is 3.44. The van der Waals surface area contributed by atoms with Gasteiger partial charge in [0.1, 0.15) is 5.69 Å². The summed E-state index contributed by atoms with van der Waals surface area (Å²) >= 11 is 2.96. The Hall–Kier alpha value is -2.76. The van der Waals surface area contributed by atoms with Gasteiger partial charge < -0.3 is 19.5 Å². The Morgan fingerprint density at radius 1 is 1.31 bits per heavy atom. The third kappa shape index (κ3) is 5.93. The van der Waals surface area contributed by atoms with E-state index in [1.165, 1.54) is 24.2 Å². The van der Waals surface area contributed by atoms with Crippen molar-refractivity contribution in [2.75, 3.05) is 25.0 Å². The van der Waals surface area contributed by atoms with Gasteiger partial charge in [-0.2, -0.15) is 0 Å². The maximum Gasteiger partial charge on any atom is 0.280 e. The standard InChI is InChI=1S/C21H24N6O3S2/c1-3-30-19-11-22-9-16(25-19)18-10-24-21(31-18)20(28)26-17(12-29-2)15-8-13(6-7-23-15)27-32-14-4-5-14/h6-11,14,17H,3-5,12H2,1-2H3,(H,23,27)(H,26,28). The van der Waals surface area contributed by atoms with E-state index in [2.05, 4.69) is 30.0 Å². The lowest BCUT2D eigenvalue weighted by Gasteiger charge is -2.17. The molecule has 1 fully saturated rings. The van der Waals surface area contributed by atoms with E-state index < -0.39 is 6.04 Å². The van der Waals surface area contributed by atoms with Gasteiger partial charge in [-0.05, 0) is 43.8 Å². The highest BCUT2D eigenvalue weighted by molar-refractivity contribution is 8.01. The van der Waals surface area contributed by atoms with Crippen molar-refractivity contribution in [1.29, 1.82) is 0 Å². The van der Waals surface area contributed by atoms with Crippen molar-refractivity contribution in [2.24, 2.45) is 0 Å². The number of hydrogen-bond acceptors (Lipinski definition) is 10. The smallest absolute Gasteiger partial charge is 0.280 e. The van der Waals surface area contributed by atoms with Gasteiger partial charge in [0.15, 0.2) is 5.01 Å². The quantitative estimate of drug-likeness (QED) is 0.403. The molecule has 2 N–H and O–H groups in total. The first-order valence-electron chi connectivity index (χ1n) is 10.2. The first-order valence-corrected chi connectivity index (χ1v) is 11.9. The van der Waals surface area contributed by atoms with Crippen molar-refractivity contribution in [3.63, 3.8) is 0 Å². The zero-order valence-electron chi connectivity index (χ0n) is 17.8. The molecule has 1 amide bonds. The predicted octanol–water partition coefficient (Wildman–Crippen LogP) is 3.73. The number of aromatic nitrogens is 4. The molecule has 9 nitrogen and oxygen atoms in total. The maximum absolute atomic E-state index is 12.9. The highest BCUT2D eigenvalue weighted by atomic mass is 32.2. The van der Waals surface area contributed by atoms with E-state index in [0.717, 1.165) is 10.6 Å². The Labute approximate surface area is 194 Å². The lowest BCUT2D eigenvalue weighted by atomic mass is 10.2. The molecule has 1 atom stereocenters. The number of hydrogen-bond donors (Lipinski definition) is 2. The van der Waals surface area contributed by atoms with Crippen molar-refractivity contribution < 1.29 is 14.3 Å². The lowest BCUT2D eigenvalue weighted by molar-refractivity contribution is 0.0894. The number of nitrogens with one attached hydrogen (secondary N) is 2. The fourth-order valence-corrected chi connectivity index (χ4v) is 4.38. The fraction of sp³-hybridized carbons (Fsp3) is 0.381. The molecule has 4 rings (SSSR count). The molecule has 32 heavy (non-hydrogen) atoms. The van der Waals surface area contributed by atoms with E-state index in [4.69, 9.17) is 9.47 Å². The van der Waals surface area contributed by atoms with Crippen LogP contribution in [0.25, 0.3) is 10.6 Å². The molecule has 168 valence electrons. The van der Waals surface area contributed by atoms with Gasteiger partial charge >= 0.3 is 0 Å². The summed E-state index contributed by atoms with van der Waals surface area (Å²) in [5.74, 6) is 0.133. The summed E-state index contributed by atoms with van der Waals surface area (Å²) in [5, 5.41) is 3.98. The van der Waals surface area contributed by atoms with E-state index in [1.807, 2.05) is 19.1 Å². The number of pyridine rings is 1. The number of carbonyl (C=O) groups is 1. The third-order valence-corrected chi connectivity index (χ3v) is 6.68. The number of nitrogens with zero attached hydrogens (tertiary/aromatic N) is 4. The minimum absolute atomic E-state index is 0.290. The van der Waals surface area contributed by atoms with E-state index in [-0.39, 0.29) is 12.5 Å². The van der Waals surface area contributed by atoms with Crippen LogP contribution in [0.2, 0.25) is 0 Å². The fourth-order valence-electron chi connectivity index (χ4n) is 2.81. The topological polar surface area (TPSA) is 111 Å². The molecule has 1 saturated carbocycles. The molecule has 0 radical (unpaired) electrons. The molecular weight excluding hydrogens is 448 g/mol. The summed E-state index contributed by atoms with van der Waals surface area (Å²) in [7, 11) is 1.59. The summed E-state index contributed by atoms with van der Waals surface area (Å²) in [4.78, 5) is 30.9. The first-order chi connectivity index (χ1) is 15.7. The summed E-state index contributed by atoms with van der Waals surface area (Å²) in [6.45, 7) is 2.67. The van der Waals surface area contributed by atoms with Gasteiger partial charge in [-0.15, -0.1) is 11.3 Å². The second-order valence-electron chi connectivity index (χ2n) is 7.08. The molecule has 3 aromatic heterocycles. The molecule has 0 saturated heterocycles. The van der Waals surface area contributed by atoms with E-state index in [1.54, 1.807) is 43.8 Å². The number of carbonyl (C=O) groups excluding carboxylic acids is 1. The zero-order chi connectivity index (χ0) is 22.3. The van der Waals surface area contributed by atoms with Crippen LogP contribution in [0.1, 0.15) is 41.3 Å². The van der Waals surface area contributed by atoms with Gasteiger partial charge in [-0.3, -0.25) is 14.8 Å². The van der Waals surface area contributed by atoms with Crippen molar-refractivity contribution in [1.82, 2.24) is 25.3 Å². The number of anilines is 1. The Kier molecular flexibility index (Phi) is 7.51. The minimum Gasteiger partial charge on any atom is -0.477 e. The van der Waals surface area contributed by atoms with Gasteiger partial charge in [0.05, 0.1) is 42.2 Å². The normalized spacial score (nSPS) is 14.1. The largest absolute Gasteiger partial charge is 0.477 e.